The number of halogens is 1. The number of carbonyl (C=O) groups excluding carboxylic acids is 1. The van der Waals surface area contributed by atoms with Gasteiger partial charge in [0.25, 0.3) is 5.91 Å². The first kappa shape index (κ1) is 19.2. The fraction of sp³-hybridized carbons (Fsp3) is 0.200. The molecule has 7 nitrogen and oxygen atoms in total. The number of nitrogens with zero attached hydrogens (tertiary/aromatic N) is 4. The predicted octanol–water partition coefficient (Wildman–Crippen LogP) is 2.98. The third-order valence-corrected chi connectivity index (χ3v) is 4.29. The Labute approximate surface area is 162 Å². The lowest BCUT2D eigenvalue weighted by Crippen LogP contribution is -2.21. The van der Waals surface area contributed by atoms with Gasteiger partial charge in [-0.2, -0.15) is 0 Å². The molecule has 0 fully saturated rings. The zero-order valence-corrected chi connectivity index (χ0v) is 16.1. The van der Waals surface area contributed by atoms with Crippen LogP contribution in [0, 0.1) is 12.7 Å². The molecule has 3 rings (SSSR count). The standard InChI is InChI=1S/C20H21FN6O/c1-11-17(13-6-8-16(23-2)24-10-13)18(26-20(22)25-11)14-7-5-12(9-15(14)21)19(28)27(3)4/h5-10H,1-4H3,(H,23,24)(H2,22,25,26). The molecule has 8 heteroatoms. The minimum atomic E-state index is -0.564. The molecule has 0 atom stereocenters. The Bertz CT molecular complexity index is 1030. The molecular weight excluding hydrogens is 359 g/mol. The SMILES string of the molecule is CNc1ccc(-c2c(C)nc(N)nc2-c2ccc(C(=O)N(C)C)cc2F)cn1. The summed E-state index contributed by atoms with van der Waals surface area (Å²) < 4.78 is 14.9. The van der Waals surface area contributed by atoms with Crippen LogP contribution in [-0.2, 0) is 0 Å². The first-order valence-corrected chi connectivity index (χ1v) is 8.61. The number of hydrogen-bond acceptors (Lipinski definition) is 6. The molecule has 1 aromatic carbocycles. The maximum absolute atomic E-state index is 14.9. The number of nitrogen functional groups attached to an aromatic ring is 1. The highest BCUT2D eigenvalue weighted by atomic mass is 19.1. The van der Waals surface area contributed by atoms with Crippen molar-refractivity contribution in [3.63, 3.8) is 0 Å². The van der Waals surface area contributed by atoms with Crippen molar-refractivity contribution in [2.24, 2.45) is 0 Å². The zero-order valence-electron chi connectivity index (χ0n) is 16.1. The van der Waals surface area contributed by atoms with Gasteiger partial charge < -0.3 is 16.0 Å². The van der Waals surface area contributed by atoms with Crippen LogP contribution in [0.5, 0.6) is 0 Å². The van der Waals surface area contributed by atoms with Crippen molar-refractivity contribution < 1.29 is 9.18 Å². The lowest BCUT2D eigenvalue weighted by atomic mass is 9.97. The first-order valence-electron chi connectivity index (χ1n) is 8.61. The van der Waals surface area contributed by atoms with Gasteiger partial charge in [-0.15, -0.1) is 0 Å². The van der Waals surface area contributed by atoms with Crippen LogP contribution in [0.25, 0.3) is 22.4 Å². The molecule has 2 aromatic heterocycles. The number of amides is 1. The fourth-order valence-corrected chi connectivity index (χ4v) is 2.92. The van der Waals surface area contributed by atoms with E-state index in [0.29, 0.717) is 22.8 Å². The van der Waals surface area contributed by atoms with Gasteiger partial charge in [0.1, 0.15) is 11.6 Å². The van der Waals surface area contributed by atoms with E-state index >= 15 is 0 Å². The Kier molecular flexibility index (Phi) is 5.21. The average molecular weight is 380 g/mol. The van der Waals surface area contributed by atoms with E-state index in [9.17, 15) is 9.18 Å². The number of anilines is 2. The highest BCUT2D eigenvalue weighted by Gasteiger charge is 2.19. The van der Waals surface area contributed by atoms with Gasteiger partial charge in [0.2, 0.25) is 5.95 Å². The third-order valence-electron chi connectivity index (χ3n) is 4.29. The summed E-state index contributed by atoms with van der Waals surface area (Å²) in [7, 11) is 5.00. The van der Waals surface area contributed by atoms with Gasteiger partial charge in [0.15, 0.2) is 0 Å². The van der Waals surface area contributed by atoms with E-state index in [4.69, 9.17) is 5.73 Å². The molecule has 0 saturated heterocycles. The van der Waals surface area contributed by atoms with Gasteiger partial charge in [-0.05, 0) is 37.3 Å². The molecule has 0 bridgehead atoms. The third kappa shape index (κ3) is 3.62. The Balaban J connectivity index is 2.17. The van der Waals surface area contributed by atoms with E-state index < -0.39 is 5.82 Å². The topological polar surface area (TPSA) is 97.0 Å². The van der Waals surface area contributed by atoms with E-state index in [2.05, 4.69) is 20.3 Å². The molecule has 0 unspecified atom stereocenters. The van der Waals surface area contributed by atoms with Gasteiger partial charge >= 0.3 is 0 Å². The van der Waals surface area contributed by atoms with Gasteiger partial charge in [-0.1, -0.05) is 0 Å². The first-order chi connectivity index (χ1) is 13.3. The van der Waals surface area contributed by atoms with Crippen LogP contribution < -0.4 is 11.1 Å². The molecular formula is C20H21FN6O. The van der Waals surface area contributed by atoms with Gasteiger partial charge in [-0.25, -0.2) is 19.3 Å². The summed E-state index contributed by atoms with van der Waals surface area (Å²) in [6.07, 6.45) is 1.67. The minimum Gasteiger partial charge on any atom is -0.373 e. The van der Waals surface area contributed by atoms with E-state index in [1.165, 1.54) is 17.0 Å². The van der Waals surface area contributed by atoms with Crippen LogP contribution in [0.2, 0.25) is 0 Å². The van der Waals surface area contributed by atoms with Crippen LogP contribution in [0.15, 0.2) is 36.5 Å². The minimum absolute atomic E-state index is 0.0453. The van der Waals surface area contributed by atoms with E-state index in [1.807, 2.05) is 12.1 Å². The monoisotopic (exact) mass is 380 g/mol. The number of carbonyl (C=O) groups is 1. The molecule has 0 saturated carbocycles. The fourth-order valence-electron chi connectivity index (χ4n) is 2.92. The van der Waals surface area contributed by atoms with Crippen LogP contribution >= 0.6 is 0 Å². The molecule has 144 valence electrons. The maximum atomic E-state index is 14.9. The van der Waals surface area contributed by atoms with Crippen molar-refractivity contribution >= 4 is 17.7 Å². The Morgan fingerprint density at radius 1 is 1.18 bits per heavy atom. The lowest BCUT2D eigenvalue weighted by molar-refractivity contribution is 0.0827. The number of benzene rings is 1. The summed E-state index contributed by atoms with van der Waals surface area (Å²) in [6.45, 7) is 1.78. The van der Waals surface area contributed by atoms with Crippen molar-refractivity contribution in [1.82, 2.24) is 19.9 Å². The number of aryl methyl sites for hydroxylation is 1. The second-order valence-corrected chi connectivity index (χ2v) is 6.47. The quantitative estimate of drug-likeness (QED) is 0.722. The van der Waals surface area contributed by atoms with Gasteiger partial charge in [0, 0.05) is 49.6 Å². The number of aromatic nitrogens is 3. The summed E-state index contributed by atoms with van der Waals surface area (Å²) in [4.78, 5) is 26.3. The van der Waals surface area contributed by atoms with E-state index in [-0.39, 0.29) is 23.0 Å². The van der Waals surface area contributed by atoms with Crippen molar-refractivity contribution in [3.8, 4) is 22.4 Å². The summed E-state index contributed by atoms with van der Waals surface area (Å²) in [5.41, 5.74) is 8.65. The molecule has 0 aliphatic carbocycles. The second-order valence-electron chi connectivity index (χ2n) is 6.47. The summed E-state index contributed by atoms with van der Waals surface area (Å²) in [5, 5.41) is 2.95. The molecule has 3 N–H and O–H groups in total. The predicted molar refractivity (Wildman–Crippen MR) is 107 cm³/mol. The second kappa shape index (κ2) is 7.59. The average Bonchev–Trinajstić information content (AvgIpc) is 2.67. The summed E-state index contributed by atoms with van der Waals surface area (Å²) >= 11 is 0. The summed E-state index contributed by atoms with van der Waals surface area (Å²) in [6, 6.07) is 7.97. The highest BCUT2D eigenvalue weighted by molar-refractivity contribution is 5.95. The maximum Gasteiger partial charge on any atom is 0.253 e. The Hall–Kier alpha value is -3.55. The Morgan fingerprint density at radius 3 is 2.50 bits per heavy atom. The number of nitrogens with one attached hydrogen (secondary N) is 1. The highest BCUT2D eigenvalue weighted by Crippen LogP contribution is 2.34. The van der Waals surface area contributed by atoms with Crippen LogP contribution in [-0.4, -0.2) is 46.9 Å². The van der Waals surface area contributed by atoms with Crippen LogP contribution in [0.4, 0.5) is 16.2 Å². The smallest absolute Gasteiger partial charge is 0.253 e. The largest absolute Gasteiger partial charge is 0.373 e. The van der Waals surface area contributed by atoms with Crippen LogP contribution in [0.3, 0.4) is 0 Å². The van der Waals surface area contributed by atoms with Crippen molar-refractivity contribution in [1.29, 1.82) is 0 Å². The molecule has 28 heavy (non-hydrogen) atoms. The molecule has 0 aliphatic rings. The molecule has 0 radical (unpaired) electrons. The van der Waals surface area contributed by atoms with Gasteiger partial charge in [-0.3, -0.25) is 4.79 Å². The summed E-state index contributed by atoms with van der Waals surface area (Å²) in [5.74, 6) is -0.0943. The number of pyridine rings is 1. The van der Waals surface area contributed by atoms with Crippen LogP contribution in [0.1, 0.15) is 16.1 Å². The molecule has 0 aliphatic heterocycles. The van der Waals surface area contributed by atoms with Gasteiger partial charge in [0.05, 0.1) is 11.4 Å². The number of hydrogen-bond donors (Lipinski definition) is 2. The van der Waals surface area contributed by atoms with Crippen molar-refractivity contribution in [2.75, 3.05) is 32.2 Å². The van der Waals surface area contributed by atoms with E-state index in [0.717, 1.165) is 5.56 Å². The lowest BCUT2D eigenvalue weighted by Gasteiger charge is -2.15. The normalized spacial score (nSPS) is 10.6. The zero-order chi connectivity index (χ0) is 20.4. The van der Waals surface area contributed by atoms with Crippen molar-refractivity contribution in [3.05, 3.63) is 53.6 Å². The molecule has 0 spiro atoms. The Morgan fingerprint density at radius 2 is 1.93 bits per heavy atom. The van der Waals surface area contributed by atoms with Crippen molar-refractivity contribution in [2.45, 2.75) is 6.92 Å². The number of rotatable bonds is 4. The van der Waals surface area contributed by atoms with E-state index in [1.54, 1.807) is 40.3 Å². The molecule has 2 heterocycles. The molecule has 3 aromatic rings. The molecule has 1 amide bonds. The number of nitrogens with two attached hydrogens (primary N) is 1.